The number of hydrazone groups is 1. The number of benzene rings is 3. The van der Waals surface area contributed by atoms with Crippen LogP contribution in [0.5, 0.6) is 0 Å². The number of nitrogens with one attached hydrogen (secondary N) is 1. The number of hydrogen-bond acceptors (Lipinski definition) is 4. The number of para-hydroxylation sites is 1. The first kappa shape index (κ1) is 17.1. The molecule has 5 heteroatoms. The second-order valence-electron chi connectivity index (χ2n) is 6.85. The normalized spacial score (nSPS) is 11.5. The van der Waals surface area contributed by atoms with E-state index >= 15 is 0 Å². The standard InChI is InChI=1S/C24H19N5/c1-29-22-14-8-7-13-20(22)21(23(29)17-9-3-2-4-10-17)16-26-28-24-19-12-6-5-11-18(19)15-25-27-24/h2-16H,1H3,(H,27,28). The van der Waals surface area contributed by atoms with Crippen LogP contribution in [-0.2, 0) is 7.05 Å². The van der Waals surface area contributed by atoms with Crippen LogP contribution in [0.25, 0.3) is 32.9 Å². The zero-order chi connectivity index (χ0) is 19.6. The van der Waals surface area contributed by atoms with E-state index < -0.39 is 0 Å². The van der Waals surface area contributed by atoms with E-state index in [0.29, 0.717) is 5.82 Å². The van der Waals surface area contributed by atoms with E-state index in [1.165, 1.54) is 0 Å². The third-order valence-corrected chi connectivity index (χ3v) is 5.13. The molecule has 0 aliphatic heterocycles. The minimum Gasteiger partial charge on any atom is -0.343 e. The van der Waals surface area contributed by atoms with Crippen molar-refractivity contribution < 1.29 is 0 Å². The van der Waals surface area contributed by atoms with E-state index in [-0.39, 0.29) is 0 Å². The van der Waals surface area contributed by atoms with Crippen molar-refractivity contribution in [2.24, 2.45) is 12.1 Å². The molecule has 0 amide bonds. The molecule has 2 heterocycles. The van der Waals surface area contributed by atoms with Gasteiger partial charge in [0.25, 0.3) is 0 Å². The summed E-state index contributed by atoms with van der Waals surface area (Å²) in [6.07, 6.45) is 3.62. The molecule has 2 aromatic heterocycles. The molecule has 5 nitrogen and oxygen atoms in total. The molecule has 5 aromatic rings. The molecule has 0 radical (unpaired) electrons. The van der Waals surface area contributed by atoms with Crippen molar-refractivity contribution >= 4 is 33.7 Å². The molecule has 1 N–H and O–H groups in total. The van der Waals surface area contributed by atoms with Gasteiger partial charge in [-0.25, -0.2) is 0 Å². The summed E-state index contributed by atoms with van der Waals surface area (Å²) in [4.78, 5) is 0. The van der Waals surface area contributed by atoms with Gasteiger partial charge in [0.15, 0.2) is 5.82 Å². The van der Waals surface area contributed by atoms with Crippen LogP contribution in [0.1, 0.15) is 5.56 Å². The summed E-state index contributed by atoms with van der Waals surface area (Å²) in [5.41, 5.74) is 7.58. The molecular formula is C24H19N5. The molecule has 3 aromatic carbocycles. The number of nitrogens with zero attached hydrogens (tertiary/aromatic N) is 4. The largest absolute Gasteiger partial charge is 0.343 e. The Labute approximate surface area is 168 Å². The molecular weight excluding hydrogens is 358 g/mol. The average Bonchev–Trinajstić information content (AvgIpc) is 3.06. The van der Waals surface area contributed by atoms with E-state index in [0.717, 1.165) is 38.5 Å². The van der Waals surface area contributed by atoms with Crippen molar-refractivity contribution in [3.05, 3.63) is 90.6 Å². The minimum atomic E-state index is 0.640. The van der Waals surface area contributed by atoms with Crippen LogP contribution in [0, 0.1) is 0 Å². The Morgan fingerprint density at radius 3 is 2.45 bits per heavy atom. The fourth-order valence-electron chi connectivity index (χ4n) is 3.77. The lowest BCUT2D eigenvalue weighted by molar-refractivity contribution is 0.977. The monoisotopic (exact) mass is 377 g/mol. The van der Waals surface area contributed by atoms with Gasteiger partial charge < -0.3 is 4.57 Å². The summed E-state index contributed by atoms with van der Waals surface area (Å²) in [5, 5.41) is 16.0. The Hall–Kier alpha value is -3.99. The quantitative estimate of drug-likeness (QED) is 0.344. The topological polar surface area (TPSA) is 55.1 Å². The highest BCUT2D eigenvalue weighted by molar-refractivity contribution is 6.06. The van der Waals surface area contributed by atoms with Crippen LogP contribution in [0.2, 0.25) is 0 Å². The highest BCUT2D eigenvalue weighted by Crippen LogP contribution is 2.31. The lowest BCUT2D eigenvalue weighted by Crippen LogP contribution is -1.98. The fourth-order valence-corrected chi connectivity index (χ4v) is 3.77. The third-order valence-electron chi connectivity index (χ3n) is 5.13. The maximum absolute atomic E-state index is 4.52. The lowest BCUT2D eigenvalue weighted by Gasteiger charge is -2.06. The summed E-state index contributed by atoms with van der Waals surface area (Å²) in [7, 11) is 2.09. The van der Waals surface area contributed by atoms with Crippen LogP contribution in [0.4, 0.5) is 5.82 Å². The fraction of sp³-hybridized carbons (Fsp3) is 0.0417. The summed E-state index contributed by atoms with van der Waals surface area (Å²) in [5.74, 6) is 0.640. The number of hydrogen-bond donors (Lipinski definition) is 1. The lowest BCUT2D eigenvalue weighted by atomic mass is 10.1. The van der Waals surface area contributed by atoms with Crippen molar-refractivity contribution in [1.29, 1.82) is 0 Å². The van der Waals surface area contributed by atoms with Gasteiger partial charge in [0.05, 0.1) is 18.1 Å². The van der Waals surface area contributed by atoms with Crippen molar-refractivity contribution in [3.63, 3.8) is 0 Å². The van der Waals surface area contributed by atoms with E-state index in [4.69, 9.17) is 0 Å². The molecule has 140 valence electrons. The van der Waals surface area contributed by atoms with Gasteiger partial charge in [0.2, 0.25) is 0 Å². The van der Waals surface area contributed by atoms with Gasteiger partial charge in [-0.15, -0.1) is 5.10 Å². The van der Waals surface area contributed by atoms with Gasteiger partial charge in [-0.05, 0) is 11.6 Å². The van der Waals surface area contributed by atoms with Gasteiger partial charge in [-0.1, -0.05) is 72.8 Å². The summed E-state index contributed by atoms with van der Waals surface area (Å²) < 4.78 is 2.21. The first-order valence-electron chi connectivity index (χ1n) is 9.45. The van der Waals surface area contributed by atoms with E-state index in [9.17, 15) is 0 Å². The van der Waals surface area contributed by atoms with Gasteiger partial charge in [-0.2, -0.15) is 10.2 Å². The molecule has 0 aliphatic carbocycles. The Balaban J connectivity index is 1.60. The van der Waals surface area contributed by atoms with E-state index in [1.54, 1.807) is 6.20 Å². The molecule has 0 saturated heterocycles. The SMILES string of the molecule is Cn1c(-c2ccccc2)c(C=NNc2nncc3ccccc23)c2ccccc21. The van der Waals surface area contributed by atoms with Crippen LogP contribution >= 0.6 is 0 Å². The molecule has 0 unspecified atom stereocenters. The number of fused-ring (bicyclic) bond motifs is 2. The molecule has 5 rings (SSSR count). The summed E-state index contributed by atoms with van der Waals surface area (Å²) in [6.45, 7) is 0. The highest BCUT2D eigenvalue weighted by Gasteiger charge is 2.15. The van der Waals surface area contributed by atoms with Crippen LogP contribution in [0.15, 0.2) is 90.2 Å². The smallest absolute Gasteiger partial charge is 0.176 e. The minimum absolute atomic E-state index is 0.640. The van der Waals surface area contributed by atoms with E-state index in [1.807, 2.05) is 36.5 Å². The van der Waals surface area contributed by atoms with Crippen molar-refractivity contribution in [1.82, 2.24) is 14.8 Å². The first-order valence-corrected chi connectivity index (χ1v) is 9.45. The molecule has 0 saturated carbocycles. The highest BCUT2D eigenvalue weighted by atomic mass is 15.3. The Kier molecular flexibility index (Phi) is 4.26. The molecule has 0 bridgehead atoms. The zero-order valence-corrected chi connectivity index (χ0v) is 15.9. The summed E-state index contributed by atoms with van der Waals surface area (Å²) >= 11 is 0. The molecule has 0 aliphatic rings. The van der Waals surface area contributed by atoms with Crippen LogP contribution < -0.4 is 5.43 Å². The van der Waals surface area contributed by atoms with Crippen LogP contribution in [-0.4, -0.2) is 21.0 Å². The Bertz CT molecular complexity index is 1330. The van der Waals surface area contributed by atoms with Gasteiger partial charge in [-0.3, -0.25) is 5.43 Å². The van der Waals surface area contributed by atoms with Crippen molar-refractivity contribution in [2.75, 3.05) is 5.43 Å². The summed E-state index contributed by atoms with van der Waals surface area (Å²) in [6, 6.07) is 26.7. The number of aromatic nitrogens is 3. The van der Waals surface area contributed by atoms with Crippen molar-refractivity contribution in [3.8, 4) is 11.3 Å². The maximum atomic E-state index is 4.52. The molecule has 29 heavy (non-hydrogen) atoms. The number of rotatable bonds is 4. The average molecular weight is 377 g/mol. The second kappa shape index (κ2) is 7.20. The molecule has 0 fully saturated rings. The van der Waals surface area contributed by atoms with Gasteiger partial charge in [0, 0.05) is 34.3 Å². The Morgan fingerprint density at radius 1 is 0.862 bits per heavy atom. The molecule has 0 spiro atoms. The molecule has 0 atom stereocenters. The first-order chi connectivity index (χ1) is 14.3. The van der Waals surface area contributed by atoms with Crippen LogP contribution in [0.3, 0.4) is 0 Å². The van der Waals surface area contributed by atoms with Crippen molar-refractivity contribution in [2.45, 2.75) is 0 Å². The third kappa shape index (κ3) is 3.02. The predicted octanol–water partition coefficient (Wildman–Crippen LogP) is 5.23. The zero-order valence-electron chi connectivity index (χ0n) is 15.9. The van der Waals surface area contributed by atoms with Gasteiger partial charge in [0.1, 0.15) is 0 Å². The predicted molar refractivity (Wildman–Crippen MR) is 119 cm³/mol. The Morgan fingerprint density at radius 2 is 1.59 bits per heavy atom. The number of anilines is 1. The van der Waals surface area contributed by atoms with E-state index in [2.05, 4.69) is 80.9 Å². The van der Waals surface area contributed by atoms with Gasteiger partial charge >= 0.3 is 0 Å². The number of aryl methyl sites for hydroxylation is 1. The maximum Gasteiger partial charge on any atom is 0.176 e. The second-order valence-corrected chi connectivity index (χ2v) is 6.85.